The monoisotopic (exact) mass is 320 g/mol. The second-order valence-electron chi connectivity index (χ2n) is 4.64. The van der Waals surface area contributed by atoms with Crippen molar-refractivity contribution in [1.29, 1.82) is 0 Å². The molecule has 0 N–H and O–H groups in total. The summed E-state index contributed by atoms with van der Waals surface area (Å²) in [5.41, 5.74) is 0.542. The summed E-state index contributed by atoms with van der Waals surface area (Å²) >= 11 is 0. The van der Waals surface area contributed by atoms with Crippen LogP contribution in [0.5, 0.6) is 0 Å². The summed E-state index contributed by atoms with van der Waals surface area (Å²) in [6.07, 6.45) is 0. The molecule has 0 heterocycles. The minimum absolute atomic E-state index is 0.182. The zero-order valence-corrected chi connectivity index (χ0v) is 12.9. The zero-order chi connectivity index (χ0) is 16.2. The Morgan fingerprint density at radius 2 is 1.64 bits per heavy atom. The molecule has 0 saturated heterocycles. The Bertz CT molecular complexity index is 760. The Morgan fingerprint density at radius 1 is 1.05 bits per heavy atom. The van der Waals surface area contributed by atoms with Gasteiger partial charge < -0.3 is 0 Å². The van der Waals surface area contributed by atoms with Gasteiger partial charge in [-0.05, 0) is 19.1 Å². The Kier molecular flexibility index (Phi) is 4.77. The fourth-order valence-corrected chi connectivity index (χ4v) is 3.85. The lowest BCUT2D eigenvalue weighted by atomic mass is 10.2. The molecule has 0 aliphatic carbocycles. The highest BCUT2D eigenvalue weighted by Crippen LogP contribution is 2.24. The van der Waals surface area contributed by atoms with Gasteiger partial charge in [-0.3, -0.25) is 14.4 Å². The van der Waals surface area contributed by atoms with Crippen LogP contribution in [0.15, 0.2) is 54.6 Å². The molecule has 2 rings (SSSR count). The number of nitro benzene ring substituents is 1. The van der Waals surface area contributed by atoms with E-state index in [1.165, 1.54) is 22.5 Å². The van der Waals surface area contributed by atoms with E-state index in [2.05, 4.69) is 0 Å². The third kappa shape index (κ3) is 3.43. The van der Waals surface area contributed by atoms with Crippen molar-refractivity contribution >= 4 is 21.4 Å². The van der Waals surface area contributed by atoms with Crippen LogP contribution in [-0.4, -0.2) is 19.9 Å². The van der Waals surface area contributed by atoms with Crippen molar-refractivity contribution in [2.75, 3.05) is 10.8 Å². The van der Waals surface area contributed by atoms with Crippen LogP contribution in [0.2, 0.25) is 0 Å². The van der Waals surface area contributed by atoms with Gasteiger partial charge in [-0.15, -0.1) is 0 Å². The minimum atomic E-state index is -3.71. The van der Waals surface area contributed by atoms with E-state index < -0.39 is 20.7 Å². The molecule has 6 nitrogen and oxygen atoms in total. The van der Waals surface area contributed by atoms with E-state index in [9.17, 15) is 18.5 Å². The maximum atomic E-state index is 12.6. The van der Waals surface area contributed by atoms with Crippen LogP contribution in [0.25, 0.3) is 0 Å². The predicted octanol–water partition coefficient (Wildman–Crippen LogP) is 2.95. The van der Waals surface area contributed by atoms with Crippen molar-refractivity contribution in [3.63, 3.8) is 0 Å². The first-order chi connectivity index (χ1) is 10.5. The van der Waals surface area contributed by atoms with Crippen molar-refractivity contribution in [2.24, 2.45) is 0 Å². The number of benzene rings is 2. The maximum absolute atomic E-state index is 12.6. The lowest BCUT2D eigenvalue weighted by Crippen LogP contribution is -2.32. The van der Waals surface area contributed by atoms with E-state index in [-0.39, 0.29) is 17.8 Å². The molecule has 0 aromatic heterocycles. The van der Waals surface area contributed by atoms with Gasteiger partial charge >= 0.3 is 0 Å². The number of sulfonamides is 1. The molecule has 0 aliphatic rings. The summed E-state index contributed by atoms with van der Waals surface area (Å²) < 4.78 is 26.5. The van der Waals surface area contributed by atoms with Gasteiger partial charge in [0.25, 0.3) is 5.69 Å². The summed E-state index contributed by atoms with van der Waals surface area (Å²) in [6, 6.07) is 14.6. The number of hydrogen-bond acceptors (Lipinski definition) is 4. The highest BCUT2D eigenvalue weighted by molar-refractivity contribution is 7.92. The molecule has 0 atom stereocenters. The van der Waals surface area contributed by atoms with Crippen molar-refractivity contribution in [1.82, 2.24) is 0 Å². The van der Waals surface area contributed by atoms with E-state index in [0.29, 0.717) is 5.69 Å². The Labute approximate surface area is 129 Å². The molecular weight excluding hydrogens is 304 g/mol. The first-order valence-corrected chi connectivity index (χ1v) is 8.34. The molecule has 0 fully saturated rings. The number of nitrogens with zero attached hydrogens (tertiary/aromatic N) is 2. The first kappa shape index (κ1) is 16.0. The summed E-state index contributed by atoms with van der Waals surface area (Å²) in [5.74, 6) is -0.410. The summed E-state index contributed by atoms with van der Waals surface area (Å²) in [6.45, 7) is 1.98. The third-order valence-corrected chi connectivity index (χ3v) is 5.01. The largest absolute Gasteiger partial charge is 0.273 e. The Balaban J connectivity index is 2.37. The minimum Gasteiger partial charge on any atom is -0.270 e. The van der Waals surface area contributed by atoms with Gasteiger partial charge in [0.1, 0.15) is 5.75 Å². The summed E-state index contributed by atoms with van der Waals surface area (Å²) in [7, 11) is -3.71. The summed E-state index contributed by atoms with van der Waals surface area (Å²) in [4.78, 5) is 10.4. The lowest BCUT2D eigenvalue weighted by Gasteiger charge is -2.22. The fraction of sp³-hybridized carbons (Fsp3) is 0.200. The van der Waals surface area contributed by atoms with Crippen LogP contribution >= 0.6 is 0 Å². The van der Waals surface area contributed by atoms with Crippen LogP contribution in [-0.2, 0) is 15.8 Å². The van der Waals surface area contributed by atoms with E-state index in [1.807, 2.05) is 0 Å². The molecule has 116 valence electrons. The molecule has 0 radical (unpaired) electrons. The fourth-order valence-electron chi connectivity index (χ4n) is 2.22. The smallest absolute Gasteiger partial charge is 0.270 e. The van der Waals surface area contributed by atoms with Crippen molar-refractivity contribution in [3.05, 3.63) is 70.3 Å². The third-order valence-electron chi connectivity index (χ3n) is 3.19. The van der Waals surface area contributed by atoms with E-state index >= 15 is 0 Å². The number of hydrogen-bond donors (Lipinski definition) is 0. The second-order valence-corrected chi connectivity index (χ2v) is 6.54. The number of anilines is 1. The molecule has 0 bridgehead atoms. The molecule has 22 heavy (non-hydrogen) atoms. The zero-order valence-electron chi connectivity index (χ0n) is 12.0. The van der Waals surface area contributed by atoms with E-state index in [1.54, 1.807) is 43.3 Å². The topological polar surface area (TPSA) is 80.5 Å². The van der Waals surface area contributed by atoms with Crippen LogP contribution < -0.4 is 4.31 Å². The van der Waals surface area contributed by atoms with Crippen LogP contribution in [0.4, 0.5) is 11.4 Å². The maximum Gasteiger partial charge on any atom is 0.273 e. The lowest BCUT2D eigenvalue weighted by molar-refractivity contribution is -0.385. The standard InChI is InChI=1S/C15H16N2O4S/c1-2-16(14-9-4-3-5-10-14)22(20,21)12-13-8-6-7-11-15(13)17(18)19/h3-11H,2,12H2,1H3. The van der Waals surface area contributed by atoms with Crippen LogP contribution in [0, 0.1) is 10.1 Å². The van der Waals surface area contributed by atoms with Gasteiger partial charge in [0, 0.05) is 18.2 Å². The van der Waals surface area contributed by atoms with Gasteiger partial charge in [0.05, 0.1) is 10.6 Å². The van der Waals surface area contributed by atoms with Crippen molar-refractivity contribution in [3.8, 4) is 0 Å². The highest BCUT2D eigenvalue weighted by Gasteiger charge is 2.25. The molecule has 0 amide bonds. The van der Waals surface area contributed by atoms with E-state index in [4.69, 9.17) is 0 Å². The Morgan fingerprint density at radius 3 is 2.23 bits per heavy atom. The van der Waals surface area contributed by atoms with Crippen molar-refractivity contribution < 1.29 is 13.3 Å². The van der Waals surface area contributed by atoms with Gasteiger partial charge in [-0.25, -0.2) is 8.42 Å². The second kappa shape index (κ2) is 6.57. The molecule has 0 aliphatic heterocycles. The van der Waals surface area contributed by atoms with Gasteiger partial charge in [0.15, 0.2) is 0 Å². The first-order valence-electron chi connectivity index (χ1n) is 6.73. The number of nitro groups is 1. The van der Waals surface area contributed by atoms with Crippen LogP contribution in [0.1, 0.15) is 12.5 Å². The van der Waals surface area contributed by atoms with Gasteiger partial charge in [0.2, 0.25) is 10.0 Å². The molecule has 2 aromatic rings. The average molecular weight is 320 g/mol. The Hall–Kier alpha value is -2.41. The van der Waals surface area contributed by atoms with Crippen molar-refractivity contribution in [2.45, 2.75) is 12.7 Å². The molecule has 2 aromatic carbocycles. The quantitative estimate of drug-likeness (QED) is 0.605. The highest BCUT2D eigenvalue weighted by atomic mass is 32.2. The SMILES string of the molecule is CCN(c1ccccc1)S(=O)(=O)Cc1ccccc1[N+](=O)[O-]. The van der Waals surface area contributed by atoms with E-state index in [0.717, 1.165) is 0 Å². The molecule has 0 unspecified atom stereocenters. The molecule has 0 spiro atoms. The number of rotatable bonds is 6. The molecule has 7 heteroatoms. The normalized spacial score (nSPS) is 11.1. The summed E-state index contributed by atoms with van der Waals surface area (Å²) in [5, 5.41) is 11.0. The molecular formula is C15H16N2O4S. The molecule has 0 saturated carbocycles. The average Bonchev–Trinajstić information content (AvgIpc) is 2.48. The number of para-hydroxylation sites is 2. The predicted molar refractivity (Wildman–Crippen MR) is 85.2 cm³/mol. The van der Waals surface area contributed by atoms with Gasteiger partial charge in [-0.2, -0.15) is 0 Å². The van der Waals surface area contributed by atoms with Crippen LogP contribution in [0.3, 0.4) is 0 Å². The van der Waals surface area contributed by atoms with Gasteiger partial charge in [-0.1, -0.05) is 36.4 Å².